The summed E-state index contributed by atoms with van der Waals surface area (Å²) in [6, 6.07) is 7.54. The number of nitrogens with one attached hydrogen (secondary N) is 1. The molecule has 5 N–H and O–H groups in total. The first-order valence-electron chi connectivity index (χ1n) is 8.24. The van der Waals surface area contributed by atoms with E-state index >= 15 is 0 Å². The molecule has 8 nitrogen and oxygen atoms in total. The Morgan fingerprint density at radius 2 is 1.54 bits per heavy atom. The lowest BCUT2D eigenvalue weighted by molar-refractivity contribution is -0.141. The van der Waals surface area contributed by atoms with Crippen LogP contribution in [0.4, 0.5) is 4.79 Å². The minimum atomic E-state index is -1.07. The predicted octanol–water partition coefficient (Wildman–Crippen LogP) is 2.08. The lowest BCUT2D eigenvalue weighted by Crippen LogP contribution is -2.44. The topological polar surface area (TPSA) is 139 Å². The Labute approximate surface area is 153 Å². The van der Waals surface area contributed by atoms with Crippen LogP contribution < -0.4 is 11.1 Å². The number of hydrogen-bond acceptors (Lipinski definition) is 5. The number of carbonyl (C=O) groups is 3. The van der Waals surface area contributed by atoms with Crippen LogP contribution in [-0.2, 0) is 20.9 Å². The Bertz CT molecular complexity index is 574. The number of benzene rings is 1. The smallest absolute Gasteiger partial charge is 0.408 e. The van der Waals surface area contributed by atoms with Gasteiger partial charge in [0.15, 0.2) is 0 Å². The first-order chi connectivity index (χ1) is 12.1. The quantitative estimate of drug-likeness (QED) is 0.578. The molecule has 1 rings (SSSR count). The number of hydrogen-bond donors (Lipinski definition) is 4. The Hall–Kier alpha value is -2.61. The van der Waals surface area contributed by atoms with Gasteiger partial charge in [0.2, 0.25) is 0 Å². The van der Waals surface area contributed by atoms with Crippen LogP contribution in [0.3, 0.4) is 0 Å². The Morgan fingerprint density at radius 1 is 1.00 bits per heavy atom. The zero-order valence-electron chi connectivity index (χ0n) is 15.5. The molecule has 0 radical (unpaired) electrons. The molecule has 1 amide bonds. The highest BCUT2D eigenvalue weighted by Crippen LogP contribution is 2.04. The minimum absolute atomic E-state index is 0.0208. The number of ether oxygens (including phenoxy) is 1. The molecule has 26 heavy (non-hydrogen) atoms. The van der Waals surface area contributed by atoms with Gasteiger partial charge in [-0.15, -0.1) is 0 Å². The molecule has 0 saturated heterocycles. The highest BCUT2D eigenvalue weighted by atomic mass is 16.5. The maximum atomic E-state index is 11.4. The van der Waals surface area contributed by atoms with Gasteiger partial charge in [0, 0.05) is 0 Å². The molecule has 0 aliphatic rings. The lowest BCUT2D eigenvalue weighted by atomic mass is 10.1. The first kappa shape index (κ1) is 23.4. The van der Waals surface area contributed by atoms with Crippen LogP contribution >= 0.6 is 0 Å². The van der Waals surface area contributed by atoms with E-state index in [1.165, 1.54) is 0 Å². The molecule has 0 aliphatic heterocycles. The molecule has 0 bridgehead atoms. The van der Waals surface area contributed by atoms with Crippen LogP contribution in [0.15, 0.2) is 30.3 Å². The molecule has 146 valence electrons. The van der Waals surface area contributed by atoms with E-state index in [1.54, 1.807) is 27.7 Å². The van der Waals surface area contributed by atoms with E-state index in [2.05, 4.69) is 5.32 Å². The summed E-state index contributed by atoms with van der Waals surface area (Å²) in [7, 11) is 0. The summed E-state index contributed by atoms with van der Waals surface area (Å²) in [5, 5.41) is 19.5. The van der Waals surface area contributed by atoms with Gasteiger partial charge in [0.1, 0.15) is 18.7 Å². The van der Waals surface area contributed by atoms with Gasteiger partial charge < -0.3 is 26.0 Å². The van der Waals surface area contributed by atoms with E-state index in [0.717, 1.165) is 5.56 Å². The second-order valence-corrected chi connectivity index (χ2v) is 6.37. The summed E-state index contributed by atoms with van der Waals surface area (Å²) >= 11 is 0. The van der Waals surface area contributed by atoms with Crippen molar-refractivity contribution >= 4 is 18.0 Å². The van der Waals surface area contributed by atoms with Gasteiger partial charge in [0.05, 0.1) is 0 Å². The van der Waals surface area contributed by atoms with Crippen molar-refractivity contribution < 1.29 is 29.3 Å². The molecular formula is C18H28N2O6. The summed E-state index contributed by atoms with van der Waals surface area (Å²) in [6.07, 6.45) is -0.722. The van der Waals surface area contributed by atoms with Crippen LogP contribution in [0.2, 0.25) is 0 Å². The van der Waals surface area contributed by atoms with E-state index < -0.39 is 30.1 Å². The fourth-order valence-corrected chi connectivity index (χ4v) is 1.69. The SMILES string of the molecule is CC(C)[C@H](N)C(=O)O.CC(C)[C@H](NC(=O)OCc1ccccc1)C(=O)O. The molecule has 0 saturated carbocycles. The third-order valence-corrected chi connectivity index (χ3v) is 3.42. The molecule has 8 heteroatoms. The highest BCUT2D eigenvalue weighted by molar-refractivity contribution is 5.80. The van der Waals surface area contributed by atoms with Gasteiger partial charge in [-0.1, -0.05) is 58.0 Å². The summed E-state index contributed by atoms with van der Waals surface area (Å²) in [6.45, 7) is 7.11. The second-order valence-electron chi connectivity index (χ2n) is 6.37. The van der Waals surface area contributed by atoms with Crippen molar-refractivity contribution in [3.8, 4) is 0 Å². The van der Waals surface area contributed by atoms with Crippen molar-refractivity contribution in [2.24, 2.45) is 17.6 Å². The number of amides is 1. The minimum Gasteiger partial charge on any atom is -0.480 e. The first-order valence-corrected chi connectivity index (χ1v) is 8.24. The number of nitrogens with two attached hydrogens (primary N) is 1. The molecule has 0 heterocycles. The molecule has 0 unspecified atom stereocenters. The maximum absolute atomic E-state index is 11.4. The normalized spacial score (nSPS) is 12.6. The van der Waals surface area contributed by atoms with E-state index in [4.69, 9.17) is 20.7 Å². The fourth-order valence-electron chi connectivity index (χ4n) is 1.69. The van der Waals surface area contributed by atoms with E-state index in [0.29, 0.717) is 0 Å². The van der Waals surface area contributed by atoms with Crippen molar-refractivity contribution in [3.05, 3.63) is 35.9 Å². The third-order valence-electron chi connectivity index (χ3n) is 3.42. The molecule has 0 spiro atoms. The van der Waals surface area contributed by atoms with Crippen LogP contribution in [0.25, 0.3) is 0 Å². The van der Waals surface area contributed by atoms with Crippen molar-refractivity contribution in [1.29, 1.82) is 0 Å². The maximum Gasteiger partial charge on any atom is 0.408 e. The average molecular weight is 368 g/mol. The molecule has 1 aromatic carbocycles. The summed E-state index contributed by atoms with van der Waals surface area (Å²) < 4.78 is 4.95. The third kappa shape index (κ3) is 9.63. The van der Waals surface area contributed by atoms with Crippen molar-refractivity contribution in [2.75, 3.05) is 0 Å². The predicted molar refractivity (Wildman–Crippen MR) is 96.5 cm³/mol. The Balaban J connectivity index is 0.000000660. The molecule has 0 aliphatic carbocycles. The van der Waals surface area contributed by atoms with Crippen LogP contribution in [-0.4, -0.2) is 40.3 Å². The number of rotatable bonds is 7. The number of carbonyl (C=O) groups excluding carboxylic acids is 1. The van der Waals surface area contributed by atoms with Gasteiger partial charge in [-0.2, -0.15) is 0 Å². The Morgan fingerprint density at radius 3 is 1.88 bits per heavy atom. The molecule has 0 fully saturated rings. The highest BCUT2D eigenvalue weighted by Gasteiger charge is 2.23. The monoisotopic (exact) mass is 368 g/mol. The number of aliphatic carboxylic acids is 2. The lowest BCUT2D eigenvalue weighted by Gasteiger charge is -2.17. The van der Waals surface area contributed by atoms with Crippen LogP contribution in [0, 0.1) is 11.8 Å². The van der Waals surface area contributed by atoms with Crippen molar-refractivity contribution in [1.82, 2.24) is 5.32 Å². The number of carboxylic acid groups (broad SMARTS) is 2. The largest absolute Gasteiger partial charge is 0.480 e. The van der Waals surface area contributed by atoms with E-state index in [9.17, 15) is 14.4 Å². The molecular weight excluding hydrogens is 340 g/mol. The van der Waals surface area contributed by atoms with Crippen molar-refractivity contribution in [3.63, 3.8) is 0 Å². The van der Waals surface area contributed by atoms with Crippen molar-refractivity contribution in [2.45, 2.75) is 46.4 Å². The second kappa shape index (κ2) is 11.9. The average Bonchev–Trinajstić information content (AvgIpc) is 2.57. The van der Waals surface area contributed by atoms with Crippen LogP contribution in [0.1, 0.15) is 33.3 Å². The summed E-state index contributed by atoms with van der Waals surface area (Å²) in [5.41, 5.74) is 6.01. The van der Waals surface area contributed by atoms with Gasteiger partial charge >= 0.3 is 18.0 Å². The van der Waals surface area contributed by atoms with Gasteiger partial charge in [-0.05, 0) is 17.4 Å². The van der Waals surface area contributed by atoms with E-state index in [1.807, 2.05) is 30.3 Å². The standard InChI is InChI=1S/C13H17NO4.C5H11NO2/c1-9(2)11(12(15)16)14-13(17)18-8-10-6-4-3-5-7-10;1-3(2)4(6)5(7)8/h3-7,9,11H,8H2,1-2H3,(H,14,17)(H,15,16);3-4H,6H2,1-2H3,(H,7,8)/t11-;4-/m00/s1. The van der Waals surface area contributed by atoms with E-state index in [-0.39, 0.29) is 18.4 Å². The molecule has 1 aromatic rings. The number of alkyl carbamates (subject to hydrolysis) is 1. The Kier molecular flexibility index (Phi) is 10.7. The summed E-state index contributed by atoms with van der Waals surface area (Å²) in [5.74, 6) is -2.18. The van der Waals surface area contributed by atoms with Gasteiger partial charge in [-0.25, -0.2) is 9.59 Å². The number of carboxylic acids is 2. The van der Waals surface area contributed by atoms with Gasteiger partial charge in [0.25, 0.3) is 0 Å². The fraction of sp³-hybridized carbons (Fsp3) is 0.500. The van der Waals surface area contributed by atoms with Gasteiger partial charge in [-0.3, -0.25) is 4.79 Å². The zero-order chi connectivity index (χ0) is 20.3. The van der Waals surface area contributed by atoms with Crippen LogP contribution in [0.5, 0.6) is 0 Å². The summed E-state index contributed by atoms with van der Waals surface area (Å²) in [4.78, 5) is 32.3. The zero-order valence-corrected chi connectivity index (χ0v) is 15.5. The molecule has 2 atom stereocenters. The molecule has 0 aromatic heterocycles.